The van der Waals surface area contributed by atoms with Crippen molar-refractivity contribution in [3.63, 3.8) is 0 Å². The van der Waals surface area contributed by atoms with E-state index in [2.05, 4.69) is 60.7 Å². The molecule has 0 bridgehead atoms. The summed E-state index contributed by atoms with van der Waals surface area (Å²) in [7, 11) is -0.294. The summed E-state index contributed by atoms with van der Waals surface area (Å²) < 4.78 is 0. The summed E-state index contributed by atoms with van der Waals surface area (Å²) >= 11 is 5.79. The van der Waals surface area contributed by atoms with E-state index in [9.17, 15) is 0 Å². The Labute approximate surface area is 138 Å². The van der Waals surface area contributed by atoms with E-state index in [0.717, 1.165) is 11.0 Å². The SMILES string of the molecule is ClCCCCCC([SiH2]c1ccccc1)[SiH2]c1ccccc1. The van der Waals surface area contributed by atoms with Gasteiger partial charge >= 0.3 is 0 Å². The molecule has 0 aliphatic carbocycles. The molecule has 0 amide bonds. The van der Waals surface area contributed by atoms with Crippen molar-refractivity contribution in [1.82, 2.24) is 0 Å². The molecular formula is C18H25ClSi2. The van der Waals surface area contributed by atoms with Crippen LogP contribution >= 0.6 is 11.6 Å². The molecule has 3 heteroatoms. The van der Waals surface area contributed by atoms with Gasteiger partial charge in [0.1, 0.15) is 0 Å². The molecule has 21 heavy (non-hydrogen) atoms. The molecule has 0 unspecified atom stereocenters. The molecule has 0 nitrogen and oxygen atoms in total. The van der Waals surface area contributed by atoms with Crippen molar-refractivity contribution in [3.05, 3.63) is 60.7 Å². The Morgan fingerprint density at radius 3 is 1.71 bits per heavy atom. The minimum atomic E-state index is -0.147. The van der Waals surface area contributed by atoms with Gasteiger partial charge in [-0.05, 0) is 6.42 Å². The van der Waals surface area contributed by atoms with Crippen LogP contribution in [0.15, 0.2) is 60.7 Å². The Morgan fingerprint density at radius 2 is 1.24 bits per heavy atom. The quantitative estimate of drug-likeness (QED) is 0.376. The van der Waals surface area contributed by atoms with Gasteiger partial charge in [0, 0.05) is 5.88 Å². The Balaban J connectivity index is 1.93. The summed E-state index contributed by atoms with van der Waals surface area (Å²) in [6.07, 6.45) is 5.25. The lowest BCUT2D eigenvalue weighted by Gasteiger charge is -2.16. The summed E-state index contributed by atoms with van der Waals surface area (Å²) in [6, 6.07) is 22.3. The van der Waals surface area contributed by atoms with E-state index in [0.29, 0.717) is 0 Å². The first-order valence-electron chi connectivity index (χ1n) is 8.02. The maximum Gasteiger partial charge on any atom is 0.0550 e. The van der Waals surface area contributed by atoms with Gasteiger partial charge < -0.3 is 0 Å². The minimum absolute atomic E-state index is 0.147. The molecule has 0 saturated carbocycles. The van der Waals surface area contributed by atoms with Crippen molar-refractivity contribution in [2.24, 2.45) is 0 Å². The van der Waals surface area contributed by atoms with Crippen molar-refractivity contribution in [1.29, 1.82) is 0 Å². The van der Waals surface area contributed by atoms with E-state index in [1.165, 1.54) is 25.7 Å². The third-order valence-electron chi connectivity index (χ3n) is 3.98. The molecule has 0 saturated heterocycles. The lowest BCUT2D eigenvalue weighted by atomic mass is 10.2. The standard InChI is InChI=1S/C18H25ClSi2/c19-15-9-3-8-14-18(20-16-10-4-1-5-11-16)21-17-12-6-2-7-13-17/h1-2,4-7,10-13,18H,3,8-9,14-15,20-21H2. The van der Waals surface area contributed by atoms with E-state index < -0.39 is 0 Å². The van der Waals surface area contributed by atoms with Gasteiger partial charge in [-0.15, -0.1) is 11.6 Å². The molecule has 2 aromatic carbocycles. The lowest BCUT2D eigenvalue weighted by Crippen LogP contribution is -2.29. The van der Waals surface area contributed by atoms with Crippen LogP contribution in [0.1, 0.15) is 25.7 Å². The second-order valence-corrected chi connectivity index (χ2v) is 12.1. The van der Waals surface area contributed by atoms with E-state index in [-0.39, 0.29) is 19.0 Å². The fourth-order valence-electron chi connectivity index (χ4n) is 2.88. The molecule has 0 heterocycles. The summed E-state index contributed by atoms with van der Waals surface area (Å²) in [4.78, 5) is 0. The maximum absolute atomic E-state index is 5.79. The fourth-order valence-corrected chi connectivity index (χ4v) is 9.05. The van der Waals surface area contributed by atoms with Gasteiger partial charge in [0.2, 0.25) is 0 Å². The number of alkyl halides is 1. The maximum atomic E-state index is 5.79. The van der Waals surface area contributed by atoms with Crippen LogP contribution in [0.4, 0.5) is 0 Å². The second-order valence-electron chi connectivity index (χ2n) is 5.78. The molecule has 0 fully saturated rings. The molecule has 2 aromatic rings. The summed E-state index contributed by atoms with van der Waals surface area (Å²) in [5, 5.41) is 4.26. The molecule has 0 aromatic heterocycles. The highest BCUT2D eigenvalue weighted by atomic mass is 35.5. The first kappa shape index (κ1) is 16.5. The van der Waals surface area contributed by atoms with Crippen molar-refractivity contribution >= 4 is 41.0 Å². The van der Waals surface area contributed by atoms with Gasteiger partial charge in [-0.25, -0.2) is 0 Å². The predicted molar refractivity (Wildman–Crippen MR) is 102 cm³/mol. The summed E-state index contributed by atoms with van der Waals surface area (Å²) in [6.45, 7) is 0. The third-order valence-corrected chi connectivity index (χ3v) is 9.84. The summed E-state index contributed by atoms with van der Waals surface area (Å²) in [5.74, 6) is 0.816. The molecule has 0 N–H and O–H groups in total. The largest absolute Gasteiger partial charge is 0.127 e. The Bertz CT molecular complexity index is 446. The van der Waals surface area contributed by atoms with E-state index in [1.807, 2.05) is 0 Å². The normalized spacial score (nSPS) is 13.4. The van der Waals surface area contributed by atoms with Gasteiger partial charge in [0.15, 0.2) is 0 Å². The van der Waals surface area contributed by atoms with Gasteiger partial charge in [-0.3, -0.25) is 0 Å². The zero-order valence-electron chi connectivity index (χ0n) is 12.7. The van der Waals surface area contributed by atoms with Crippen LogP contribution in [0.5, 0.6) is 0 Å². The van der Waals surface area contributed by atoms with Gasteiger partial charge in [0.05, 0.1) is 19.0 Å². The number of rotatable bonds is 9. The predicted octanol–water partition coefficient (Wildman–Crippen LogP) is 2.52. The minimum Gasteiger partial charge on any atom is -0.127 e. The van der Waals surface area contributed by atoms with Crippen LogP contribution in [0.25, 0.3) is 0 Å². The van der Waals surface area contributed by atoms with Crippen molar-refractivity contribution in [3.8, 4) is 0 Å². The van der Waals surface area contributed by atoms with E-state index in [1.54, 1.807) is 10.4 Å². The molecule has 112 valence electrons. The number of halogens is 1. The Kier molecular flexibility index (Phi) is 7.86. The van der Waals surface area contributed by atoms with Gasteiger partial charge in [-0.1, -0.05) is 95.5 Å². The van der Waals surface area contributed by atoms with Crippen LogP contribution in [0.3, 0.4) is 0 Å². The third kappa shape index (κ3) is 6.64. The van der Waals surface area contributed by atoms with Gasteiger partial charge in [0.25, 0.3) is 0 Å². The van der Waals surface area contributed by atoms with Crippen LogP contribution in [-0.4, -0.2) is 24.9 Å². The molecular weight excluding hydrogens is 308 g/mol. The zero-order chi connectivity index (χ0) is 14.8. The molecule has 0 spiro atoms. The van der Waals surface area contributed by atoms with Gasteiger partial charge in [-0.2, -0.15) is 0 Å². The Hall–Kier alpha value is -0.836. The van der Waals surface area contributed by atoms with Crippen molar-refractivity contribution in [2.45, 2.75) is 30.8 Å². The van der Waals surface area contributed by atoms with E-state index in [4.69, 9.17) is 11.6 Å². The first-order chi connectivity index (χ1) is 10.4. The highest BCUT2D eigenvalue weighted by Gasteiger charge is 2.12. The number of hydrogen-bond donors (Lipinski definition) is 0. The highest BCUT2D eigenvalue weighted by Crippen LogP contribution is 2.14. The van der Waals surface area contributed by atoms with Crippen LogP contribution in [-0.2, 0) is 0 Å². The van der Waals surface area contributed by atoms with Crippen LogP contribution in [0.2, 0.25) is 5.16 Å². The molecule has 0 atom stereocenters. The average molecular weight is 333 g/mol. The first-order valence-corrected chi connectivity index (χ1v) is 11.6. The van der Waals surface area contributed by atoms with Crippen molar-refractivity contribution in [2.75, 3.05) is 5.88 Å². The monoisotopic (exact) mass is 332 g/mol. The number of unbranched alkanes of at least 4 members (excludes halogenated alkanes) is 2. The molecule has 0 aliphatic rings. The smallest absolute Gasteiger partial charge is 0.0550 e. The van der Waals surface area contributed by atoms with Crippen LogP contribution < -0.4 is 10.4 Å². The Morgan fingerprint density at radius 1 is 0.714 bits per heavy atom. The molecule has 0 aliphatic heterocycles. The highest BCUT2D eigenvalue weighted by molar-refractivity contribution is 6.73. The lowest BCUT2D eigenvalue weighted by molar-refractivity contribution is 0.689. The fraction of sp³-hybridized carbons (Fsp3) is 0.333. The average Bonchev–Trinajstić information content (AvgIpc) is 2.53. The topological polar surface area (TPSA) is 0 Å². The van der Waals surface area contributed by atoms with E-state index >= 15 is 0 Å². The zero-order valence-corrected chi connectivity index (χ0v) is 16.3. The van der Waals surface area contributed by atoms with Crippen molar-refractivity contribution < 1.29 is 0 Å². The molecule has 2 rings (SSSR count). The number of hydrogen-bond acceptors (Lipinski definition) is 0. The second kappa shape index (κ2) is 9.98. The molecule has 0 radical (unpaired) electrons. The van der Waals surface area contributed by atoms with Crippen LogP contribution in [0, 0.1) is 0 Å². The number of benzene rings is 2. The summed E-state index contributed by atoms with van der Waals surface area (Å²) in [5.41, 5.74) is 0.